The summed E-state index contributed by atoms with van der Waals surface area (Å²) in [6, 6.07) is 14.8. The largest absolute Gasteiger partial charge is 0.497 e. The van der Waals surface area contributed by atoms with Crippen molar-refractivity contribution < 1.29 is 47.9 Å². The number of hydrogen-bond donors (Lipinski definition) is 1. The van der Waals surface area contributed by atoms with Gasteiger partial charge in [0.25, 0.3) is 5.60 Å². The zero-order valence-corrected chi connectivity index (χ0v) is 22.7. The Kier molecular flexibility index (Phi) is 13.0. The molecule has 0 saturated carbocycles. The number of ether oxygens (including phenoxy) is 6. The molecule has 0 spiro atoms. The molecule has 2 aromatic carbocycles. The van der Waals surface area contributed by atoms with Gasteiger partial charge in [-0.15, -0.1) is 0 Å². The van der Waals surface area contributed by atoms with Crippen LogP contribution in [0.5, 0.6) is 17.2 Å². The van der Waals surface area contributed by atoms with Gasteiger partial charge >= 0.3 is 17.9 Å². The Morgan fingerprint density at radius 3 is 2.08 bits per heavy atom. The zero-order valence-electron chi connectivity index (χ0n) is 22.7. The van der Waals surface area contributed by atoms with Gasteiger partial charge in [-0.1, -0.05) is 30.4 Å². The Morgan fingerprint density at radius 2 is 1.49 bits per heavy atom. The standard InChI is InChI=1S/C29H36O10/c1-5-35-26(30)25(29(33,27(31)36-6-2)28(32)37-7-3)38-19-10-8-9-12-21-15-17-22(18-16-21)39-24-14-11-13-23(20-24)34-4/h9,11-18,20,25,33H,5-8,10,19H2,1-4H3/b12-9+. The highest BCUT2D eigenvalue weighted by molar-refractivity contribution is 6.08. The van der Waals surface area contributed by atoms with Gasteiger partial charge in [0, 0.05) is 12.7 Å². The molecule has 212 valence electrons. The van der Waals surface area contributed by atoms with Crippen LogP contribution in [0.1, 0.15) is 39.2 Å². The van der Waals surface area contributed by atoms with E-state index in [2.05, 4.69) is 0 Å². The SMILES string of the molecule is CCOC(=O)C(OCCC/C=C/c1ccc(Oc2cccc(OC)c2)cc1)C(O)(C(=O)OCC)C(=O)OCC. The third-order valence-corrected chi connectivity index (χ3v) is 5.32. The molecule has 0 saturated heterocycles. The third kappa shape index (κ3) is 9.12. The van der Waals surface area contributed by atoms with Crippen molar-refractivity contribution in [2.45, 2.75) is 45.3 Å². The van der Waals surface area contributed by atoms with Gasteiger partial charge < -0.3 is 33.5 Å². The van der Waals surface area contributed by atoms with Gasteiger partial charge in [0.15, 0.2) is 0 Å². The molecule has 0 radical (unpaired) electrons. The van der Waals surface area contributed by atoms with Crippen LogP contribution in [0.25, 0.3) is 6.08 Å². The van der Waals surface area contributed by atoms with E-state index in [1.807, 2.05) is 54.6 Å². The Labute approximate surface area is 228 Å². The first-order chi connectivity index (χ1) is 18.8. The van der Waals surface area contributed by atoms with Crippen molar-refractivity contribution in [3.8, 4) is 17.2 Å². The molecular weight excluding hydrogens is 508 g/mol. The van der Waals surface area contributed by atoms with Crippen LogP contribution in [-0.4, -0.2) is 68.3 Å². The number of aliphatic hydroxyl groups is 1. The van der Waals surface area contributed by atoms with E-state index in [-0.39, 0.29) is 26.4 Å². The van der Waals surface area contributed by atoms with Gasteiger partial charge in [-0.3, -0.25) is 0 Å². The van der Waals surface area contributed by atoms with Crippen LogP contribution < -0.4 is 9.47 Å². The summed E-state index contributed by atoms with van der Waals surface area (Å²) in [4.78, 5) is 37.5. The summed E-state index contributed by atoms with van der Waals surface area (Å²) in [5.41, 5.74) is -2.06. The van der Waals surface area contributed by atoms with E-state index in [9.17, 15) is 19.5 Å². The molecule has 2 rings (SSSR count). The molecular formula is C29H36O10. The number of methoxy groups -OCH3 is 1. The van der Waals surface area contributed by atoms with E-state index in [0.717, 1.165) is 5.56 Å². The van der Waals surface area contributed by atoms with E-state index >= 15 is 0 Å². The zero-order chi connectivity index (χ0) is 28.7. The summed E-state index contributed by atoms with van der Waals surface area (Å²) >= 11 is 0. The second kappa shape index (κ2) is 16.2. The molecule has 1 atom stereocenters. The minimum absolute atomic E-state index is 0.0491. The number of carbonyl (C=O) groups is 3. The van der Waals surface area contributed by atoms with Gasteiger partial charge in [0.1, 0.15) is 17.2 Å². The molecule has 0 heterocycles. The Bertz CT molecular complexity index is 1080. The lowest BCUT2D eigenvalue weighted by Gasteiger charge is -2.30. The minimum Gasteiger partial charge on any atom is -0.497 e. The second-order valence-electron chi connectivity index (χ2n) is 8.10. The van der Waals surface area contributed by atoms with Crippen LogP contribution in [0.3, 0.4) is 0 Å². The van der Waals surface area contributed by atoms with Crippen LogP contribution in [0.4, 0.5) is 0 Å². The molecule has 10 nitrogen and oxygen atoms in total. The maximum absolute atomic E-state index is 12.5. The van der Waals surface area contributed by atoms with Crippen LogP contribution in [0.2, 0.25) is 0 Å². The average molecular weight is 545 g/mol. The van der Waals surface area contributed by atoms with Crippen molar-refractivity contribution in [2.24, 2.45) is 0 Å². The van der Waals surface area contributed by atoms with Crippen LogP contribution in [-0.2, 0) is 33.3 Å². The first-order valence-electron chi connectivity index (χ1n) is 12.7. The predicted octanol–water partition coefficient (Wildman–Crippen LogP) is 4.09. The fraction of sp³-hybridized carbons (Fsp3) is 0.414. The second-order valence-corrected chi connectivity index (χ2v) is 8.10. The maximum atomic E-state index is 12.5. The molecule has 0 amide bonds. The number of hydrogen-bond acceptors (Lipinski definition) is 10. The summed E-state index contributed by atoms with van der Waals surface area (Å²) in [7, 11) is 1.60. The first-order valence-corrected chi connectivity index (χ1v) is 12.7. The van der Waals surface area contributed by atoms with E-state index in [0.29, 0.717) is 30.1 Å². The number of esters is 3. The van der Waals surface area contributed by atoms with E-state index in [1.54, 1.807) is 20.1 Å². The molecule has 1 N–H and O–H groups in total. The fourth-order valence-corrected chi connectivity index (χ4v) is 3.43. The minimum atomic E-state index is -3.00. The van der Waals surface area contributed by atoms with Crippen molar-refractivity contribution in [1.82, 2.24) is 0 Å². The number of allylic oxidation sites excluding steroid dienone is 1. The lowest BCUT2D eigenvalue weighted by atomic mass is 9.96. The Morgan fingerprint density at radius 1 is 0.872 bits per heavy atom. The van der Waals surface area contributed by atoms with Gasteiger partial charge in [-0.05, 0) is 63.4 Å². The predicted molar refractivity (Wildman–Crippen MR) is 142 cm³/mol. The highest BCUT2D eigenvalue weighted by atomic mass is 16.6. The van der Waals surface area contributed by atoms with E-state index in [4.69, 9.17) is 28.4 Å². The van der Waals surface area contributed by atoms with Crippen molar-refractivity contribution >= 4 is 24.0 Å². The van der Waals surface area contributed by atoms with Crippen molar-refractivity contribution in [3.63, 3.8) is 0 Å². The monoisotopic (exact) mass is 544 g/mol. The smallest absolute Gasteiger partial charge is 0.353 e. The molecule has 0 aliphatic carbocycles. The van der Waals surface area contributed by atoms with Gasteiger partial charge in [0.05, 0.1) is 26.9 Å². The van der Waals surface area contributed by atoms with Gasteiger partial charge in [0.2, 0.25) is 6.10 Å². The highest BCUT2D eigenvalue weighted by Gasteiger charge is 2.58. The molecule has 0 bridgehead atoms. The Hall–Kier alpha value is -3.89. The topological polar surface area (TPSA) is 127 Å². The summed E-state index contributed by atoms with van der Waals surface area (Å²) in [5.74, 6) is -1.73. The van der Waals surface area contributed by atoms with E-state index < -0.39 is 29.6 Å². The van der Waals surface area contributed by atoms with Crippen LogP contribution in [0.15, 0.2) is 54.6 Å². The molecule has 0 aromatic heterocycles. The number of carbonyl (C=O) groups excluding carboxylic acids is 3. The summed E-state index contributed by atoms with van der Waals surface area (Å²) in [6.07, 6.45) is 2.84. The molecule has 10 heteroatoms. The molecule has 1 unspecified atom stereocenters. The lowest BCUT2D eigenvalue weighted by molar-refractivity contribution is -0.208. The van der Waals surface area contributed by atoms with Crippen molar-refractivity contribution in [2.75, 3.05) is 33.5 Å². The molecule has 0 aliphatic heterocycles. The number of benzene rings is 2. The van der Waals surface area contributed by atoms with Crippen LogP contribution >= 0.6 is 0 Å². The van der Waals surface area contributed by atoms with Crippen LogP contribution in [0, 0.1) is 0 Å². The number of unbranched alkanes of at least 4 members (excludes halogenated alkanes) is 1. The number of rotatable bonds is 16. The quantitative estimate of drug-likeness (QED) is 0.143. The lowest BCUT2D eigenvalue weighted by Crippen LogP contribution is -2.61. The third-order valence-electron chi connectivity index (χ3n) is 5.32. The summed E-state index contributed by atoms with van der Waals surface area (Å²) in [6.45, 7) is 4.18. The first kappa shape index (κ1) is 31.3. The van der Waals surface area contributed by atoms with Crippen molar-refractivity contribution in [3.05, 3.63) is 60.2 Å². The van der Waals surface area contributed by atoms with Gasteiger partial charge in [-0.2, -0.15) is 0 Å². The molecule has 39 heavy (non-hydrogen) atoms. The highest BCUT2D eigenvalue weighted by Crippen LogP contribution is 2.26. The molecule has 0 fully saturated rings. The normalized spacial score (nSPS) is 12.0. The average Bonchev–Trinajstić information content (AvgIpc) is 2.93. The Balaban J connectivity index is 1.96. The molecule has 2 aromatic rings. The summed E-state index contributed by atoms with van der Waals surface area (Å²) in [5, 5.41) is 11.0. The fourth-order valence-electron chi connectivity index (χ4n) is 3.43. The van der Waals surface area contributed by atoms with E-state index in [1.165, 1.54) is 13.8 Å². The van der Waals surface area contributed by atoms with Crippen molar-refractivity contribution in [1.29, 1.82) is 0 Å². The van der Waals surface area contributed by atoms with Gasteiger partial charge in [-0.25, -0.2) is 14.4 Å². The molecule has 0 aliphatic rings. The summed E-state index contributed by atoms with van der Waals surface area (Å²) < 4.78 is 31.1. The maximum Gasteiger partial charge on any atom is 0.353 e.